The van der Waals surface area contributed by atoms with E-state index in [1.165, 1.54) is 5.56 Å². The van der Waals surface area contributed by atoms with Gasteiger partial charge in [0.15, 0.2) is 0 Å². The number of aryl methyl sites for hydroxylation is 1. The van der Waals surface area contributed by atoms with E-state index in [4.69, 9.17) is 0 Å². The molecule has 2 rings (SSSR count). The number of anilines is 2. The Hall–Kier alpha value is -1.62. The maximum atomic E-state index is 4.50. The lowest BCUT2D eigenvalue weighted by molar-refractivity contribution is 0.784. The predicted octanol–water partition coefficient (Wildman–Crippen LogP) is 3.32. The highest BCUT2D eigenvalue weighted by Gasteiger charge is 2.08. The van der Waals surface area contributed by atoms with Gasteiger partial charge in [0.2, 0.25) is 5.95 Å². The van der Waals surface area contributed by atoms with Crippen molar-refractivity contribution >= 4 is 23.1 Å². The Morgan fingerprint density at radius 3 is 2.95 bits per heavy atom. The van der Waals surface area contributed by atoms with Gasteiger partial charge in [-0.15, -0.1) is 0 Å². The Kier molecular flexibility index (Phi) is 4.74. The van der Waals surface area contributed by atoms with Gasteiger partial charge >= 0.3 is 0 Å². The molecular weight excluding hydrogens is 256 g/mol. The summed E-state index contributed by atoms with van der Waals surface area (Å²) in [5, 5.41) is 10.9. The number of nitrogens with one attached hydrogen (secondary N) is 2. The maximum absolute atomic E-state index is 4.50. The van der Waals surface area contributed by atoms with E-state index >= 15 is 0 Å². The summed E-state index contributed by atoms with van der Waals surface area (Å²) in [4.78, 5) is 8.75. The van der Waals surface area contributed by atoms with Crippen LogP contribution >= 0.6 is 11.3 Å². The fourth-order valence-corrected chi connectivity index (χ4v) is 2.56. The van der Waals surface area contributed by atoms with Crippen LogP contribution in [0, 0.1) is 6.92 Å². The summed E-state index contributed by atoms with van der Waals surface area (Å²) in [5.74, 6) is 1.59. The molecule has 1 unspecified atom stereocenters. The third kappa shape index (κ3) is 3.92. The fourth-order valence-electron chi connectivity index (χ4n) is 1.88. The van der Waals surface area contributed by atoms with Crippen LogP contribution in [0.1, 0.15) is 25.0 Å². The molecule has 2 heterocycles. The summed E-state index contributed by atoms with van der Waals surface area (Å²) in [5.41, 5.74) is 2.43. The molecule has 0 radical (unpaired) electrons. The number of aromatic nitrogens is 2. The average Bonchev–Trinajstić information content (AvgIpc) is 2.86. The molecule has 0 fully saturated rings. The zero-order valence-electron chi connectivity index (χ0n) is 11.6. The molecule has 0 aromatic carbocycles. The van der Waals surface area contributed by atoms with Crippen LogP contribution in [0.15, 0.2) is 23.0 Å². The van der Waals surface area contributed by atoms with Gasteiger partial charge in [-0.2, -0.15) is 16.3 Å². The molecule has 2 N–H and O–H groups in total. The second-order valence-corrected chi connectivity index (χ2v) is 5.42. The number of hydrogen-bond donors (Lipinski definition) is 2. The Morgan fingerprint density at radius 2 is 2.26 bits per heavy atom. The zero-order valence-corrected chi connectivity index (χ0v) is 12.4. The number of thiophene rings is 1. The topological polar surface area (TPSA) is 49.8 Å². The van der Waals surface area contributed by atoms with Crippen molar-refractivity contribution in [2.45, 2.75) is 33.2 Å². The van der Waals surface area contributed by atoms with Gasteiger partial charge in [0.25, 0.3) is 0 Å². The summed E-state index contributed by atoms with van der Waals surface area (Å²) >= 11 is 1.74. The Labute approximate surface area is 118 Å². The van der Waals surface area contributed by atoms with E-state index in [0.29, 0.717) is 12.0 Å². The van der Waals surface area contributed by atoms with Gasteiger partial charge < -0.3 is 10.6 Å². The first-order valence-corrected chi connectivity index (χ1v) is 7.48. The fraction of sp³-hybridized carbons (Fsp3) is 0.429. The Morgan fingerprint density at radius 1 is 1.42 bits per heavy atom. The van der Waals surface area contributed by atoms with Gasteiger partial charge in [-0.05, 0) is 49.6 Å². The maximum Gasteiger partial charge on any atom is 0.224 e. The summed E-state index contributed by atoms with van der Waals surface area (Å²) in [6, 6.07) is 2.51. The molecular formula is C14H20N4S. The van der Waals surface area contributed by atoms with Gasteiger partial charge in [-0.1, -0.05) is 0 Å². The lowest BCUT2D eigenvalue weighted by Gasteiger charge is -2.16. The molecule has 0 saturated carbocycles. The Balaban J connectivity index is 2.02. The van der Waals surface area contributed by atoms with Crippen LogP contribution in [-0.4, -0.2) is 22.6 Å². The van der Waals surface area contributed by atoms with Crippen molar-refractivity contribution in [1.29, 1.82) is 0 Å². The van der Waals surface area contributed by atoms with E-state index in [1.54, 1.807) is 11.3 Å². The van der Waals surface area contributed by atoms with Gasteiger partial charge in [0.1, 0.15) is 5.82 Å². The average molecular weight is 276 g/mol. The minimum Gasteiger partial charge on any atom is -0.367 e. The molecule has 4 nitrogen and oxygen atoms in total. The molecule has 0 aliphatic heterocycles. The smallest absolute Gasteiger partial charge is 0.224 e. The van der Waals surface area contributed by atoms with Crippen molar-refractivity contribution in [3.63, 3.8) is 0 Å². The predicted molar refractivity (Wildman–Crippen MR) is 82.0 cm³/mol. The van der Waals surface area contributed by atoms with Crippen molar-refractivity contribution in [2.24, 2.45) is 0 Å². The van der Waals surface area contributed by atoms with Crippen LogP contribution in [-0.2, 0) is 6.42 Å². The first kappa shape index (κ1) is 13.8. The van der Waals surface area contributed by atoms with Crippen molar-refractivity contribution in [3.8, 4) is 0 Å². The molecule has 0 bridgehead atoms. The number of hydrogen-bond acceptors (Lipinski definition) is 5. The second-order valence-electron chi connectivity index (χ2n) is 4.64. The lowest BCUT2D eigenvalue weighted by atomic mass is 10.1. The van der Waals surface area contributed by atoms with Crippen LogP contribution in [0.5, 0.6) is 0 Å². The van der Waals surface area contributed by atoms with E-state index < -0.39 is 0 Å². The van der Waals surface area contributed by atoms with E-state index in [0.717, 1.165) is 24.3 Å². The van der Waals surface area contributed by atoms with Crippen LogP contribution in [0.2, 0.25) is 0 Å². The highest BCUT2D eigenvalue weighted by Crippen LogP contribution is 2.16. The third-order valence-corrected chi connectivity index (χ3v) is 3.54. The highest BCUT2D eigenvalue weighted by molar-refractivity contribution is 7.07. The minimum absolute atomic E-state index is 0.345. The molecule has 0 amide bonds. The van der Waals surface area contributed by atoms with E-state index in [2.05, 4.69) is 44.4 Å². The molecule has 0 saturated heterocycles. The molecule has 0 spiro atoms. The van der Waals surface area contributed by atoms with Crippen LogP contribution < -0.4 is 10.6 Å². The zero-order chi connectivity index (χ0) is 13.7. The van der Waals surface area contributed by atoms with Crippen LogP contribution in [0.4, 0.5) is 11.8 Å². The summed E-state index contributed by atoms with van der Waals surface area (Å²) in [6.07, 6.45) is 2.86. The minimum atomic E-state index is 0.345. The largest absolute Gasteiger partial charge is 0.367 e. The summed E-state index contributed by atoms with van der Waals surface area (Å²) < 4.78 is 0. The standard InChI is InChI=1S/C14H20N4S/c1-4-15-14-16-8-10(2)13(18-14)17-11(3)7-12-5-6-19-9-12/h5-6,8-9,11H,4,7H2,1-3H3,(H2,15,16,17,18). The number of nitrogens with zero attached hydrogens (tertiary/aromatic N) is 2. The molecule has 0 aliphatic carbocycles. The van der Waals surface area contributed by atoms with Gasteiger partial charge in [0, 0.05) is 24.3 Å². The first-order valence-electron chi connectivity index (χ1n) is 6.54. The first-order chi connectivity index (χ1) is 9.19. The van der Waals surface area contributed by atoms with E-state index in [9.17, 15) is 0 Å². The van der Waals surface area contributed by atoms with Gasteiger partial charge in [-0.25, -0.2) is 4.98 Å². The van der Waals surface area contributed by atoms with E-state index in [-0.39, 0.29) is 0 Å². The SMILES string of the molecule is CCNc1ncc(C)c(NC(C)Cc2ccsc2)n1. The van der Waals surface area contributed by atoms with Crippen molar-refractivity contribution < 1.29 is 0 Å². The summed E-state index contributed by atoms with van der Waals surface area (Å²) in [6.45, 7) is 7.06. The molecule has 2 aromatic heterocycles. The lowest BCUT2D eigenvalue weighted by Crippen LogP contribution is -2.20. The molecule has 102 valence electrons. The molecule has 19 heavy (non-hydrogen) atoms. The van der Waals surface area contributed by atoms with Crippen molar-refractivity contribution in [1.82, 2.24) is 9.97 Å². The Bertz CT molecular complexity index is 510. The van der Waals surface area contributed by atoms with Gasteiger partial charge in [-0.3, -0.25) is 0 Å². The van der Waals surface area contributed by atoms with Crippen LogP contribution in [0.25, 0.3) is 0 Å². The monoisotopic (exact) mass is 276 g/mol. The van der Waals surface area contributed by atoms with Crippen molar-refractivity contribution in [3.05, 3.63) is 34.2 Å². The molecule has 1 atom stereocenters. The molecule has 5 heteroatoms. The normalized spacial score (nSPS) is 12.2. The highest BCUT2D eigenvalue weighted by atomic mass is 32.1. The van der Waals surface area contributed by atoms with Crippen LogP contribution in [0.3, 0.4) is 0 Å². The summed E-state index contributed by atoms with van der Waals surface area (Å²) in [7, 11) is 0. The quantitative estimate of drug-likeness (QED) is 0.850. The van der Waals surface area contributed by atoms with Gasteiger partial charge in [0.05, 0.1) is 0 Å². The third-order valence-electron chi connectivity index (χ3n) is 2.81. The van der Waals surface area contributed by atoms with Crippen molar-refractivity contribution in [2.75, 3.05) is 17.2 Å². The second kappa shape index (κ2) is 6.52. The molecule has 0 aliphatic rings. The number of rotatable bonds is 6. The molecule has 2 aromatic rings. The van der Waals surface area contributed by atoms with E-state index in [1.807, 2.05) is 20.0 Å².